The number of allylic oxidation sites excluding steroid dienone is 10. The lowest BCUT2D eigenvalue weighted by Crippen LogP contribution is -2.37. The quantitative estimate of drug-likeness (QED) is 0.0211. The molecule has 2 unspecified atom stereocenters. The van der Waals surface area contributed by atoms with Crippen molar-refractivity contribution in [3.05, 3.63) is 60.8 Å². The Labute approximate surface area is 483 Å². The molecular formula is C68H127NO8P+. The summed E-state index contributed by atoms with van der Waals surface area (Å²) in [5.74, 6) is -0.781. The predicted octanol–water partition coefficient (Wildman–Crippen LogP) is 21.0. The Morgan fingerprint density at radius 1 is 0.410 bits per heavy atom. The molecule has 1 N–H and O–H groups in total. The Bertz CT molecular complexity index is 1500. The monoisotopic (exact) mass is 1120 g/mol. The van der Waals surface area contributed by atoms with Crippen molar-refractivity contribution in [1.29, 1.82) is 0 Å². The number of rotatable bonds is 61. The minimum absolute atomic E-state index is 0.0345. The second kappa shape index (κ2) is 59.3. The minimum atomic E-state index is -4.38. The Morgan fingerprint density at radius 3 is 1.09 bits per heavy atom. The molecule has 456 valence electrons. The minimum Gasteiger partial charge on any atom is -0.462 e. The van der Waals surface area contributed by atoms with Crippen LogP contribution in [-0.4, -0.2) is 74.9 Å². The summed E-state index contributed by atoms with van der Waals surface area (Å²) in [4.78, 5) is 35.7. The van der Waals surface area contributed by atoms with Gasteiger partial charge >= 0.3 is 19.8 Å². The van der Waals surface area contributed by atoms with E-state index in [2.05, 4.69) is 74.6 Å². The van der Waals surface area contributed by atoms with Gasteiger partial charge in [-0.2, -0.15) is 0 Å². The molecule has 0 aliphatic heterocycles. The fraction of sp³-hybridized carbons (Fsp3) is 0.824. The molecule has 0 amide bonds. The molecule has 10 heteroatoms. The van der Waals surface area contributed by atoms with E-state index < -0.39 is 26.5 Å². The number of unbranched alkanes of at least 4 members (excludes halogenated alkanes) is 37. The van der Waals surface area contributed by atoms with Gasteiger partial charge in [-0.15, -0.1) is 0 Å². The third-order valence-electron chi connectivity index (χ3n) is 14.6. The van der Waals surface area contributed by atoms with Gasteiger partial charge in [-0.25, -0.2) is 4.57 Å². The molecule has 9 nitrogen and oxygen atoms in total. The molecule has 0 bridgehead atoms. The van der Waals surface area contributed by atoms with E-state index in [-0.39, 0.29) is 25.6 Å². The number of esters is 2. The van der Waals surface area contributed by atoms with Crippen molar-refractivity contribution in [2.24, 2.45) is 0 Å². The summed E-state index contributed by atoms with van der Waals surface area (Å²) in [6, 6.07) is 0. The highest BCUT2D eigenvalue weighted by atomic mass is 31.2. The third-order valence-corrected chi connectivity index (χ3v) is 15.5. The average molecular weight is 1120 g/mol. The molecule has 0 saturated carbocycles. The van der Waals surface area contributed by atoms with Gasteiger partial charge in [0.25, 0.3) is 0 Å². The van der Waals surface area contributed by atoms with Crippen LogP contribution in [0.1, 0.15) is 309 Å². The molecule has 0 aromatic rings. The van der Waals surface area contributed by atoms with Crippen molar-refractivity contribution in [2.75, 3.05) is 47.5 Å². The van der Waals surface area contributed by atoms with Gasteiger partial charge in [-0.1, -0.05) is 299 Å². The summed E-state index contributed by atoms with van der Waals surface area (Å²) in [5, 5.41) is 0. The zero-order valence-electron chi connectivity index (χ0n) is 51.9. The van der Waals surface area contributed by atoms with Gasteiger partial charge < -0.3 is 18.9 Å². The van der Waals surface area contributed by atoms with Crippen LogP contribution in [0.15, 0.2) is 60.8 Å². The smallest absolute Gasteiger partial charge is 0.462 e. The van der Waals surface area contributed by atoms with Gasteiger partial charge in [0.15, 0.2) is 6.10 Å². The number of carbonyl (C=O) groups is 2. The number of carbonyl (C=O) groups excluding carboxylic acids is 2. The van der Waals surface area contributed by atoms with E-state index in [0.717, 1.165) is 64.2 Å². The molecule has 0 aromatic carbocycles. The Morgan fingerprint density at radius 2 is 0.731 bits per heavy atom. The Kier molecular flexibility index (Phi) is 57.6. The SMILES string of the molecule is CC/C=C\C/C=C\C/C=C\C/C=C\C/C=C\CCCCCCCCCCCCCCCCCCCCCCCCCCCC(=O)OC(COC(=O)CCCCCCCCCCCCCCC)COP(=O)(O)OCC[N+](C)(C)C. The maximum Gasteiger partial charge on any atom is 0.472 e. The zero-order valence-corrected chi connectivity index (χ0v) is 52.8. The molecule has 0 radical (unpaired) electrons. The van der Waals surface area contributed by atoms with Crippen molar-refractivity contribution >= 4 is 19.8 Å². The zero-order chi connectivity index (χ0) is 57.0. The van der Waals surface area contributed by atoms with Crippen LogP contribution in [0, 0.1) is 0 Å². The van der Waals surface area contributed by atoms with E-state index in [1.54, 1.807) is 0 Å². The largest absolute Gasteiger partial charge is 0.472 e. The number of phosphoric ester groups is 1. The summed E-state index contributed by atoms with van der Waals surface area (Å²) in [6.07, 6.45) is 77.7. The van der Waals surface area contributed by atoms with Crippen LogP contribution >= 0.6 is 7.82 Å². The lowest BCUT2D eigenvalue weighted by Gasteiger charge is -2.24. The van der Waals surface area contributed by atoms with Gasteiger partial charge in [0, 0.05) is 12.8 Å². The predicted molar refractivity (Wildman–Crippen MR) is 335 cm³/mol. The molecule has 0 saturated heterocycles. The van der Waals surface area contributed by atoms with Gasteiger partial charge in [-0.3, -0.25) is 18.6 Å². The van der Waals surface area contributed by atoms with Crippen LogP contribution < -0.4 is 0 Å². The Hall–Kier alpha value is -2.29. The summed E-state index contributed by atoms with van der Waals surface area (Å²) >= 11 is 0. The van der Waals surface area contributed by atoms with Crippen molar-refractivity contribution in [1.82, 2.24) is 0 Å². The van der Waals surface area contributed by atoms with E-state index in [4.69, 9.17) is 18.5 Å². The van der Waals surface area contributed by atoms with Crippen molar-refractivity contribution in [3.63, 3.8) is 0 Å². The van der Waals surface area contributed by atoms with Gasteiger partial charge in [0.2, 0.25) is 0 Å². The number of ether oxygens (including phenoxy) is 2. The van der Waals surface area contributed by atoms with E-state index in [9.17, 15) is 19.0 Å². The van der Waals surface area contributed by atoms with Gasteiger partial charge in [0.05, 0.1) is 27.7 Å². The number of nitrogens with zero attached hydrogens (tertiary/aromatic N) is 1. The van der Waals surface area contributed by atoms with Crippen molar-refractivity contribution in [2.45, 2.75) is 315 Å². The molecule has 78 heavy (non-hydrogen) atoms. The van der Waals surface area contributed by atoms with Crippen LogP contribution in [0.3, 0.4) is 0 Å². The standard InChI is InChI=1S/C68H126NO8P/c1-6-8-10-12-14-16-18-20-21-22-23-24-25-26-27-28-29-30-31-32-33-34-35-36-37-38-39-40-41-42-43-44-45-46-47-49-51-53-55-57-59-61-68(71)77-66(65-76-78(72,73)75-63-62-69(3,4)5)64-74-67(70)60-58-56-54-52-50-48-19-17-15-13-11-9-7-2/h8,10,14,16,20-21,23-24,26-27,66H,6-7,9,11-13,15,17-19,22,25,28-65H2,1-5H3/p+1/b10-8-,16-14-,21-20-,24-23-,27-26-. The van der Waals surface area contributed by atoms with E-state index in [0.29, 0.717) is 23.9 Å². The van der Waals surface area contributed by atoms with Crippen LogP contribution in [0.25, 0.3) is 0 Å². The molecule has 0 aliphatic rings. The number of likely N-dealkylation sites (N-methyl/N-ethyl adjacent to an activating group) is 1. The maximum absolute atomic E-state index is 12.8. The first kappa shape index (κ1) is 75.7. The number of hydrogen-bond donors (Lipinski definition) is 1. The van der Waals surface area contributed by atoms with Crippen LogP contribution in [0.2, 0.25) is 0 Å². The van der Waals surface area contributed by atoms with Crippen LogP contribution in [0.4, 0.5) is 0 Å². The van der Waals surface area contributed by atoms with Crippen molar-refractivity contribution in [3.8, 4) is 0 Å². The summed E-state index contributed by atoms with van der Waals surface area (Å²) in [7, 11) is 1.49. The van der Waals surface area contributed by atoms with Gasteiger partial charge in [-0.05, 0) is 57.8 Å². The highest BCUT2D eigenvalue weighted by molar-refractivity contribution is 7.47. The summed E-state index contributed by atoms with van der Waals surface area (Å²) in [5.41, 5.74) is 0. The second-order valence-electron chi connectivity index (χ2n) is 23.5. The molecule has 0 rings (SSSR count). The molecule has 2 atom stereocenters. The second-order valence-corrected chi connectivity index (χ2v) is 24.9. The maximum atomic E-state index is 12.8. The lowest BCUT2D eigenvalue weighted by atomic mass is 10.0. The van der Waals surface area contributed by atoms with E-state index >= 15 is 0 Å². The number of quaternary nitrogens is 1. The molecule has 0 heterocycles. The fourth-order valence-electron chi connectivity index (χ4n) is 9.52. The molecule has 0 spiro atoms. The third kappa shape index (κ3) is 62.9. The first-order valence-electron chi connectivity index (χ1n) is 33.0. The summed E-state index contributed by atoms with van der Waals surface area (Å²) < 4.78 is 34.6. The van der Waals surface area contributed by atoms with E-state index in [1.807, 2.05) is 21.1 Å². The normalized spacial score (nSPS) is 13.6. The first-order valence-corrected chi connectivity index (χ1v) is 34.5. The summed E-state index contributed by atoms with van der Waals surface area (Å²) in [6.45, 7) is 4.36. The topological polar surface area (TPSA) is 108 Å². The fourth-order valence-corrected chi connectivity index (χ4v) is 10.3. The van der Waals surface area contributed by atoms with Crippen LogP contribution in [0.5, 0.6) is 0 Å². The first-order chi connectivity index (χ1) is 38.0. The Balaban J connectivity index is 3.85. The molecule has 0 fully saturated rings. The molecule has 0 aromatic heterocycles. The highest BCUT2D eigenvalue weighted by Gasteiger charge is 2.27. The highest BCUT2D eigenvalue weighted by Crippen LogP contribution is 2.43. The van der Waals surface area contributed by atoms with E-state index in [1.165, 1.54) is 212 Å². The molecular weight excluding hydrogens is 990 g/mol. The van der Waals surface area contributed by atoms with Crippen molar-refractivity contribution < 1.29 is 42.1 Å². The molecule has 0 aliphatic carbocycles. The number of hydrogen-bond acceptors (Lipinski definition) is 7. The van der Waals surface area contributed by atoms with Crippen LogP contribution in [-0.2, 0) is 32.7 Å². The van der Waals surface area contributed by atoms with Gasteiger partial charge in [0.1, 0.15) is 19.8 Å². The lowest BCUT2D eigenvalue weighted by molar-refractivity contribution is -0.870. The average Bonchev–Trinajstić information content (AvgIpc) is 3.40. The number of phosphoric acid groups is 1.